The second-order valence-corrected chi connectivity index (χ2v) is 7.01. The summed E-state index contributed by atoms with van der Waals surface area (Å²) in [5.74, 6) is -1.71. The van der Waals surface area contributed by atoms with Gasteiger partial charge in [-0.25, -0.2) is 8.78 Å². The Morgan fingerprint density at radius 1 is 1.24 bits per heavy atom. The van der Waals surface area contributed by atoms with Gasteiger partial charge in [-0.3, -0.25) is 14.6 Å². The lowest BCUT2D eigenvalue weighted by Crippen LogP contribution is -2.52. The number of piperazine rings is 1. The van der Waals surface area contributed by atoms with Crippen LogP contribution in [0.2, 0.25) is 0 Å². The van der Waals surface area contributed by atoms with E-state index in [1.54, 1.807) is 11.3 Å². The molecule has 1 N–H and O–H groups in total. The van der Waals surface area contributed by atoms with E-state index in [9.17, 15) is 13.6 Å². The molecule has 4 nitrogen and oxygen atoms in total. The molecule has 0 radical (unpaired) electrons. The van der Waals surface area contributed by atoms with E-state index in [2.05, 4.69) is 31.9 Å². The minimum Gasteiger partial charge on any atom is -0.322 e. The number of carbonyl (C=O) groups excluding carboxylic acids is 1. The van der Waals surface area contributed by atoms with Gasteiger partial charge in [0.15, 0.2) is 0 Å². The van der Waals surface area contributed by atoms with Crippen LogP contribution in [0.5, 0.6) is 0 Å². The van der Waals surface area contributed by atoms with Crippen molar-refractivity contribution in [1.82, 2.24) is 9.80 Å². The molecule has 0 unspecified atom stereocenters. The molecule has 1 amide bonds. The number of halogens is 2. The van der Waals surface area contributed by atoms with E-state index in [1.807, 2.05) is 6.92 Å². The number of amides is 1. The fourth-order valence-electron chi connectivity index (χ4n) is 2.94. The number of carbonyl (C=O) groups is 1. The number of nitrogens with zero attached hydrogens (tertiary/aromatic N) is 2. The molecule has 2 aromatic rings. The normalized spacial score (nSPS) is 17.4. The molecular weight excluding hydrogens is 344 g/mol. The van der Waals surface area contributed by atoms with E-state index in [0.717, 1.165) is 44.9 Å². The molecule has 7 heteroatoms. The van der Waals surface area contributed by atoms with E-state index in [4.69, 9.17) is 0 Å². The third kappa shape index (κ3) is 4.62. The van der Waals surface area contributed by atoms with Crippen molar-refractivity contribution >= 4 is 22.9 Å². The molecule has 1 aliphatic heterocycles. The molecule has 3 rings (SSSR count). The summed E-state index contributed by atoms with van der Waals surface area (Å²) < 4.78 is 26.6. The monoisotopic (exact) mass is 365 g/mol. The number of benzene rings is 1. The Morgan fingerprint density at radius 3 is 2.64 bits per heavy atom. The van der Waals surface area contributed by atoms with Crippen molar-refractivity contribution in [3.05, 3.63) is 52.2 Å². The number of hydrogen-bond donors (Lipinski definition) is 1. The Bertz CT molecular complexity index is 715. The first-order valence-corrected chi connectivity index (χ1v) is 9.20. The minimum absolute atomic E-state index is 0.00865. The topological polar surface area (TPSA) is 35.6 Å². The largest absolute Gasteiger partial charge is 0.322 e. The molecule has 134 valence electrons. The average Bonchev–Trinajstić information content (AvgIpc) is 3.10. The molecule has 1 aliphatic rings. The van der Waals surface area contributed by atoms with Crippen molar-refractivity contribution in [3.63, 3.8) is 0 Å². The average molecular weight is 365 g/mol. The fourth-order valence-corrected chi connectivity index (χ4v) is 3.60. The third-order valence-corrected chi connectivity index (χ3v) is 5.24. The summed E-state index contributed by atoms with van der Waals surface area (Å²) >= 11 is 1.70. The zero-order valence-corrected chi connectivity index (χ0v) is 14.9. The zero-order chi connectivity index (χ0) is 17.8. The number of thiophene rings is 1. The summed E-state index contributed by atoms with van der Waals surface area (Å²) in [6, 6.07) is 4.90. The SMILES string of the molecule is C[C@H](C(=O)Nc1ccc(F)cc1F)N1CCN(Cc2ccsc2)CC1. The van der Waals surface area contributed by atoms with E-state index in [1.165, 1.54) is 11.6 Å². The van der Waals surface area contributed by atoms with Gasteiger partial charge in [0.25, 0.3) is 0 Å². The highest BCUT2D eigenvalue weighted by atomic mass is 32.1. The summed E-state index contributed by atoms with van der Waals surface area (Å²) in [5.41, 5.74) is 1.32. The van der Waals surface area contributed by atoms with Crippen LogP contribution in [-0.2, 0) is 11.3 Å². The van der Waals surface area contributed by atoms with Gasteiger partial charge in [-0.2, -0.15) is 11.3 Å². The highest BCUT2D eigenvalue weighted by molar-refractivity contribution is 7.07. The van der Waals surface area contributed by atoms with Gasteiger partial charge in [-0.05, 0) is 41.4 Å². The second-order valence-electron chi connectivity index (χ2n) is 6.23. The molecule has 1 saturated heterocycles. The van der Waals surface area contributed by atoms with Crippen molar-refractivity contribution in [2.45, 2.75) is 19.5 Å². The molecule has 2 heterocycles. The van der Waals surface area contributed by atoms with Crippen molar-refractivity contribution in [2.24, 2.45) is 0 Å². The minimum atomic E-state index is -0.763. The van der Waals surface area contributed by atoms with Crippen LogP contribution in [0.3, 0.4) is 0 Å². The highest BCUT2D eigenvalue weighted by Gasteiger charge is 2.26. The van der Waals surface area contributed by atoms with E-state index in [-0.39, 0.29) is 17.6 Å². The molecular formula is C18H21F2N3OS. The van der Waals surface area contributed by atoms with Crippen LogP contribution in [0.1, 0.15) is 12.5 Å². The van der Waals surface area contributed by atoms with Crippen LogP contribution < -0.4 is 5.32 Å². The Labute approximate surface area is 150 Å². The van der Waals surface area contributed by atoms with Crippen molar-refractivity contribution in [2.75, 3.05) is 31.5 Å². The zero-order valence-electron chi connectivity index (χ0n) is 14.0. The van der Waals surface area contributed by atoms with Crippen molar-refractivity contribution in [3.8, 4) is 0 Å². The van der Waals surface area contributed by atoms with Gasteiger partial charge < -0.3 is 5.32 Å². The van der Waals surface area contributed by atoms with Gasteiger partial charge in [-0.1, -0.05) is 0 Å². The van der Waals surface area contributed by atoms with Crippen LogP contribution in [-0.4, -0.2) is 47.9 Å². The Morgan fingerprint density at radius 2 is 2.00 bits per heavy atom. The maximum atomic E-state index is 13.7. The van der Waals surface area contributed by atoms with Crippen LogP contribution in [0.25, 0.3) is 0 Å². The van der Waals surface area contributed by atoms with Crippen molar-refractivity contribution in [1.29, 1.82) is 0 Å². The maximum Gasteiger partial charge on any atom is 0.241 e. The lowest BCUT2D eigenvalue weighted by Gasteiger charge is -2.37. The quantitative estimate of drug-likeness (QED) is 0.884. The standard InChI is InChI=1S/C18H21F2N3OS/c1-13(18(24)21-17-3-2-15(19)10-16(17)20)23-7-5-22(6-8-23)11-14-4-9-25-12-14/h2-4,9-10,12-13H,5-8,11H2,1H3,(H,21,24)/t13-/m1/s1. The molecule has 0 saturated carbocycles. The first-order valence-electron chi connectivity index (χ1n) is 8.26. The van der Waals surface area contributed by atoms with Gasteiger partial charge in [0, 0.05) is 38.8 Å². The molecule has 25 heavy (non-hydrogen) atoms. The Hall–Kier alpha value is -1.83. The molecule has 0 aliphatic carbocycles. The number of hydrogen-bond acceptors (Lipinski definition) is 4. The van der Waals surface area contributed by atoms with Gasteiger partial charge in [-0.15, -0.1) is 0 Å². The van der Waals surface area contributed by atoms with Crippen LogP contribution in [0, 0.1) is 11.6 Å². The fraction of sp³-hybridized carbons (Fsp3) is 0.389. The molecule has 0 bridgehead atoms. The van der Waals surface area contributed by atoms with Gasteiger partial charge >= 0.3 is 0 Å². The lowest BCUT2D eigenvalue weighted by atomic mass is 10.2. The summed E-state index contributed by atoms with van der Waals surface area (Å²) in [6.07, 6.45) is 0. The summed E-state index contributed by atoms with van der Waals surface area (Å²) in [4.78, 5) is 16.8. The molecule has 1 aromatic carbocycles. The maximum absolute atomic E-state index is 13.7. The van der Waals surface area contributed by atoms with Crippen LogP contribution in [0.4, 0.5) is 14.5 Å². The third-order valence-electron chi connectivity index (χ3n) is 4.51. The first kappa shape index (κ1) is 18.0. The predicted molar refractivity (Wildman–Crippen MR) is 95.6 cm³/mol. The predicted octanol–water partition coefficient (Wildman–Crippen LogP) is 3.17. The first-order chi connectivity index (χ1) is 12.0. The van der Waals surface area contributed by atoms with Crippen molar-refractivity contribution < 1.29 is 13.6 Å². The smallest absolute Gasteiger partial charge is 0.241 e. The van der Waals surface area contributed by atoms with Gasteiger partial charge in [0.05, 0.1) is 11.7 Å². The Kier molecular flexibility index (Phi) is 5.78. The summed E-state index contributed by atoms with van der Waals surface area (Å²) in [7, 11) is 0. The van der Waals surface area contributed by atoms with Gasteiger partial charge in [0.1, 0.15) is 11.6 Å². The number of nitrogens with one attached hydrogen (secondary N) is 1. The summed E-state index contributed by atoms with van der Waals surface area (Å²) in [5, 5.41) is 6.78. The molecule has 0 spiro atoms. The van der Waals surface area contributed by atoms with Crippen LogP contribution in [0.15, 0.2) is 35.0 Å². The van der Waals surface area contributed by atoms with Crippen LogP contribution >= 0.6 is 11.3 Å². The number of rotatable bonds is 5. The molecule has 1 aromatic heterocycles. The lowest BCUT2D eigenvalue weighted by molar-refractivity contribution is -0.121. The second kappa shape index (κ2) is 8.03. The molecule has 1 atom stereocenters. The Balaban J connectivity index is 1.51. The highest BCUT2D eigenvalue weighted by Crippen LogP contribution is 2.17. The molecule has 1 fully saturated rings. The summed E-state index contributed by atoms with van der Waals surface area (Å²) in [6.45, 7) is 6.08. The van der Waals surface area contributed by atoms with E-state index >= 15 is 0 Å². The van der Waals surface area contributed by atoms with Gasteiger partial charge in [0.2, 0.25) is 5.91 Å². The van der Waals surface area contributed by atoms with E-state index in [0.29, 0.717) is 0 Å². The van der Waals surface area contributed by atoms with E-state index < -0.39 is 11.6 Å². The number of anilines is 1.